The van der Waals surface area contributed by atoms with E-state index in [4.69, 9.17) is 5.11 Å². The third-order valence-corrected chi connectivity index (χ3v) is 3.91. The quantitative estimate of drug-likeness (QED) is 0.639. The summed E-state index contributed by atoms with van der Waals surface area (Å²) in [6.07, 6.45) is 3.44. The molecule has 1 aromatic carbocycles. The third kappa shape index (κ3) is 5.44. The lowest BCUT2D eigenvalue weighted by Gasteiger charge is -2.26. The highest BCUT2D eigenvalue weighted by Gasteiger charge is 2.36. The molecule has 0 aliphatic heterocycles. The van der Waals surface area contributed by atoms with Crippen LogP contribution in [0.15, 0.2) is 24.3 Å². The van der Waals surface area contributed by atoms with Gasteiger partial charge in [0.1, 0.15) is 0 Å². The molecule has 0 aliphatic carbocycles. The molecule has 118 valence electrons. The van der Waals surface area contributed by atoms with E-state index >= 15 is 0 Å². The Morgan fingerprint density at radius 1 is 1.19 bits per heavy atom. The molecular weight excluding hydrogens is 274 g/mol. The van der Waals surface area contributed by atoms with Crippen LogP contribution in [0.4, 0.5) is 8.78 Å². The Bertz CT molecular complexity index is 441. The fourth-order valence-electron chi connectivity index (χ4n) is 2.46. The zero-order chi connectivity index (χ0) is 15.9. The summed E-state index contributed by atoms with van der Waals surface area (Å²) >= 11 is 0. The van der Waals surface area contributed by atoms with Crippen molar-refractivity contribution in [2.24, 2.45) is 5.92 Å². The van der Waals surface area contributed by atoms with E-state index in [-0.39, 0.29) is 12.0 Å². The molecule has 0 aliphatic rings. The van der Waals surface area contributed by atoms with Gasteiger partial charge in [0.05, 0.1) is 5.56 Å². The van der Waals surface area contributed by atoms with Gasteiger partial charge in [-0.05, 0) is 30.5 Å². The van der Waals surface area contributed by atoms with Crippen molar-refractivity contribution >= 4 is 5.97 Å². The topological polar surface area (TPSA) is 37.3 Å². The first-order valence-corrected chi connectivity index (χ1v) is 7.60. The second-order valence-electron chi connectivity index (χ2n) is 5.51. The fraction of sp³-hybridized carbons (Fsp3) is 0.588. The molecule has 1 unspecified atom stereocenters. The highest BCUT2D eigenvalue weighted by molar-refractivity contribution is 5.87. The fourth-order valence-corrected chi connectivity index (χ4v) is 2.46. The first-order chi connectivity index (χ1) is 9.90. The van der Waals surface area contributed by atoms with Crippen LogP contribution in [0.5, 0.6) is 0 Å². The SMILES string of the molecule is CCCCCC(Cc1ccc(C(=O)O)cc1)C(F)(F)CC. The average Bonchev–Trinajstić information content (AvgIpc) is 2.47. The van der Waals surface area contributed by atoms with Crippen molar-refractivity contribution < 1.29 is 18.7 Å². The van der Waals surface area contributed by atoms with Crippen molar-refractivity contribution in [2.45, 2.75) is 58.3 Å². The molecule has 1 rings (SSSR count). The molecular formula is C17H24F2O2. The molecule has 0 heterocycles. The van der Waals surface area contributed by atoms with E-state index in [0.29, 0.717) is 12.8 Å². The van der Waals surface area contributed by atoms with E-state index in [2.05, 4.69) is 6.92 Å². The zero-order valence-corrected chi connectivity index (χ0v) is 12.7. The van der Waals surface area contributed by atoms with Crippen molar-refractivity contribution in [3.63, 3.8) is 0 Å². The summed E-state index contributed by atoms with van der Waals surface area (Å²) < 4.78 is 28.1. The van der Waals surface area contributed by atoms with Gasteiger partial charge in [-0.25, -0.2) is 13.6 Å². The minimum atomic E-state index is -2.67. The summed E-state index contributed by atoms with van der Waals surface area (Å²) in [5.74, 6) is -4.34. The van der Waals surface area contributed by atoms with Gasteiger partial charge in [-0.2, -0.15) is 0 Å². The summed E-state index contributed by atoms with van der Waals surface area (Å²) in [6, 6.07) is 6.24. The van der Waals surface area contributed by atoms with E-state index in [1.54, 1.807) is 12.1 Å². The molecule has 2 nitrogen and oxygen atoms in total. The minimum Gasteiger partial charge on any atom is -0.478 e. The average molecular weight is 298 g/mol. The highest BCUT2D eigenvalue weighted by Crippen LogP contribution is 2.34. The Labute approximate surface area is 125 Å². The summed E-state index contributed by atoms with van der Waals surface area (Å²) in [7, 11) is 0. The molecule has 1 atom stereocenters. The molecule has 4 heteroatoms. The summed E-state index contributed by atoms with van der Waals surface area (Å²) in [5.41, 5.74) is 0.957. The monoisotopic (exact) mass is 298 g/mol. The smallest absolute Gasteiger partial charge is 0.335 e. The van der Waals surface area contributed by atoms with Gasteiger partial charge in [0.15, 0.2) is 0 Å². The third-order valence-electron chi connectivity index (χ3n) is 3.91. The van der Waals surface area contributed by atoms with Gasteiger partial charge < -0.3 is 5.11 Å². The molecule has 0 bridgehead atoms. The summed E-state index contributed by atoms with van der Waals surface area (Å²) in [6.45, 7) is 3.57. The number of hydrogen-bond acceptors (Lipinski definition) is 1. The van der Waals surface area contributed by atoms with E-state index in [9.17, 15) is 13.6 Å². The van der Waals surface area contributed by atoms with Gasteiger partial charge in [0, 0.05) is 12.3 Å². The molecule has 1 N–H and O–H groups in total. The Kier molecular flexibility index (Phi) is 6.79. The van der Waals surface area contributed by atoms with Crippen LogP contribution in [0.25, 0.3) is 0 Å². The molecule has 0 aromatic heterocycles. The van der Waals surface area contributed by atoms with Crippen molar-refractivity contribution in [3.05, 3.63) is 35.4 Å². The first-order valence-electron chi connectivity index (χ1n) is 7.60. The lowest BCUT2D eigenvalue weighted by Crippen LogP contribution is -2.29. The van der Waals surface area contributed by atoms with Crippen LogP contribution in [0.2, 0.25) is 0 Å². The molecule has 1 aromatic rings. The van der Waals surface area contributed by atoms with Gasteiger partial charge in [0.2, 0.25) is 0 Å². The van der Waals surface area contributed by atoms with Gasteiger partial charge in [-0.3, -0.25) is 0 Å². The Morgan fingerprint density at radius 3 is 2.29 bits per heavy atom. The number of hydrogen-bond donors (Lipinski definition) is 1. The lowest BCUT2D eigenvalue weighted by atomic mass is 9.87. The molecule has 0 fully saturated rings. The van der Waals surface area contributed by atoms with E-state index < -0.39 is 17.8 Å². The molecule has 0 saturated heterocycles. The van der Waals surface area contributed by atoms with E-state index in [1.807, 2.05) is 0 Å². The zero-order valence-electron chi connectivity index (χ0n) is 12.7. The maximum absolute atomic E-state index is 14.0. The number of halogens is 2. The van der Waals surface area contributed by atoms with E-state index in [1.165, 1.54) is 19.1 Å². The number of carboxylic acid groups (broad SMARTS) is 1. The predicted octanol–water partition coefficient (Wildman–Crippen LogP) is 5.17. The maximum Gasteiger partial charge on any atom is 0.335 e. The summed E-state index contributed by atoms with van der Waals surface area (Å²) in [5, 5.41) is 8.85. The van der Waals surface area contributed by atoms with Gasteiger partial charge in [0.25, 0.3) is 5.92 Å². The van der Waals surface area contributed by atoms with Crippen LogP contribution in [0, 0.1) is 5.92 Å². The summed E-state index contributed by atoms with van der Waals surface area (Å²) in [4.78, 5) is 10.8. The van der Waals surface area contributed by atoms with Crippen LogP contribution in [-0.2, 0) is 6.42 Å². The van der Waals surface area contributed by atoms with Crippen molar-refractivity contribution in [2.75, 3.05) is 0 Å². The van der Waals surface area contributed by atoms with Crippen LogP contribution in [0.1, 0.15) is 61.9 Å². The Morgan fingerprint density at radius 2 is 1.81 bits per heavy atom. The maximum atomic E-state index is 14.0. The largest absolute Gasteiger partial charge is 0.478 e. The van der Waals surface area contributed by atoms with Gasteiger partial charge in [-0.15, -0.1) is 0 Å². The van der Waals surface area contributed by atoms with Crippen LogP contribution >= 0.6 is 0 Å². The number of carboxylic acids is 1. The second kappa shape index (κ2) is 8.11. The van der Waals surface area contributed by atoms with Crippen LogP contribution in [-0.4, -0.2) is 17.0 Å². The molecule has 0 amide bonds. The normalized spacial score (nSPS) is 13.1. The van der Waals surface area contributed by atoms with Crippen molar-refractivity contribution in [1.29, 1.82) is 0 Å². The standard InChI is InChI=1S/C17H24F2O2/c1-3-5-6-7-15(17(18,19)4-2)12-13-8-10-14(11-9-13)16(20)21/h8-11,15H,3-7,12H2,1-2H3,(H,20,21). The molecule has 21 heavy (non-hydrogen) atoms. The number of rotatable bonds is 9. The van der Waals surface area contributed by atoms with Crippen LogP contribution < -0.4 is 0 Å². The number of unbranched alkanes of at least 4 members (excludes halogenated alkanes) is 2. The van der Waals surface area contributed by atoms with Crippen molar-refractivity contribution in [1.82, 2.24) is 0 Å². The second-order valence-corrected chi connectivity index (χ2v) is 5.51. The minimum absolute atomic E-state index is 0.156. The predicted molar refractivity (Wildman–Crippen MR) is 80.0 cm³/mol. The first kappa shape index (κ1) is 17.6. The van der Waals surface area contributed by atoms with Gasteiger partial charge in [-0.1, -0.05) is 45.2 Å². The van der Waals surface area contributed by atoms with Crippen molar-refractivity contribution in [3.8, 4) is 0 Å². The molecule has 0 spiro atoms. The van der Waals surface area contributed by atoms with E-state index in [0.717, 1.165) is 24.8 Å². The van der Waals surface area contributed by atoms with Gasteiger partial charge >= 0.3 is 5.97 Å². The Balaban J connectivity index is 2.77. The molecule has 0 radical (unpaired) electrons. The Hall–Kier alpha value is -1.45. The number of carbonyl (C=O) groups is 1. The van der Waals surface area contributed by atoms with Crippen LogP contribution in [0.3, 0.4) is 0 Å². The number of benzene rings is 1. The number of aromatic carboxylic acids is 1. The lowest BCUT2D eigenvalue weighted by molar-refractivity contribution is -0.0648. The molecule has 0 saturated carbocycles. The number of alkyl halides is 2. The highest BCUT2D eigenvalue weighted by atomic mass is 19.3.